The van der Waals surface area contributed by atoms with E-state index in [-0.39, 0.29) is 5.41 Å². The molecule has 2 aromatic rings. The first kappa shape index (κ1) is 18.1. The van der Waals surface area contributed by atoms with Crippen LogP contribution in [0.1, 0.15) is 18.4 Å². The van der Waals surface area contributed by atoms with Crippen molar-refractivity contribution < 1.29 is 18.7 Å². The first-order valence-corrected chi connectivity index (χ1v) is 8.57. The number of nitrogens with one attached hydrogen (secondary N) is 2. The zero-order valence-electron chi connectivity index (χ0n) is 14.3. The largest absolute Gasteiger partial charge is 0.381 e. The zero-order valence-corrected chi connectivity index (χ0v) is 14.3. The molecule has 2 N–H and O–H groups in total. The highest BCUT2D eigenvalue weighted by molar-refractivity contribution is 6.39. The van der Waals surface area contributed by atoms with Crippen LogP contribution in [0, 0.1) is 5.82 Å². The van der Waals surface area contributed by atoms with Crippen LogP contribution in [0.3, 0.4) is 0 Å². The van der Waals surface area contributed by atoms with Gasteiger partial charge in [-0.05, 0) is 42.7 Å². The highest BCUT2D eigenvalue weighted by atomic mass is 19.1. The van der Waals surface area contributed by atoms with Crippen molar-refractivity contribution in [3.63, 3.8) is 0 Å². The first-order valence-electron chi connectivity index (χ1n) is 8.57. The summed E-state index contributed by atoms with van der Waals surface area (Å²) in [7, 11) is 0. The van der Waals surface area contributed by atoms with E-state index in [2.05, 4.69) is 10.6 Å². The molecule has 1 heterocycles. The van der Waals surface area contributed by atoms with Crippen molar-refractivity contribution in [3.8, 4) is 0 Å². The molecule has 0 spiro atoms. The molecule has 5 nitrogen and oxygen atoms in total. The molecule has 136 valence electrons. The molecule has 0 unspecified atom stereocenters. The monoisotopic (exact) mass is 356 g/mol. The van der Waals surface area contributed by atoms with Gasteiger partial charge in [0, 0.05) is 30.9 Å². The molecule has 2 amide bonds. The van der Waals surface area contributed by atoms with E-state index in [4.69, 9.17) is 4.74 Å². The van der Waals surface area contributed by atoms with E-state index in [0.29, 0.717) is 25.4 Å². The molecule has 1 aliphatic rings. The van der Waals surface area contributed by atoms with Gasteiger partial charge in [0.25, 0.3) is 0 Å². The minimum atomic E-state index is -0.771. The van der Waals surface area contributed by atoms with Gasteiger partial charge in [0.1, 0.15) is 5.82 Å². The Hall–Kier alpha value is -2.73. The minimum absolute atomic E-state index is 0.245. The summed E-state index contributed by atoms with van der Waals surface area (Å²) in [6.07, 6.45) is 1.55. The maximum atomic E-state index is 12.9. The molecule has 0 bridgehead atoms. The molecule has 0 radical (unpaired) electrons. The summed E-state index contributed by atoms with van der Waals surface area (Å²) in [5, 5.41) is 5.21. The second kappa shape index (κ2) is 8.10. The van der Waals surface area contributed by atoms with Crippen LogP contribution in [0.25, 0.3) is 0 Å². The highest BCUT2D eigenvalue weighted by Crippen LogP contribution is 2.34. The van der Waals surface area contributed by atoms with Crippen LogP contribution >= 0.6 is 0 Å². The topological polar surface area (TPSA) is 67.4 Å². The fourth-order valence-corrected chi connectivity index (χ4v) is 3.17. The number of halogens is 1. The summed E-state index contributed by atoms with van der Waals surface area (Å²) in [6.45, 7) is 1.59. The quantitative estimate of drug-likeness (QED) is 0.828. The van der Waals surface area contributed by atoms with Gasteiger partial charge >= 0.3 is 11.8 Å². The van der Waals surface area contributed by atoms with Crippen molar-refractivity contribution in [3.05, 3.63) is 66.0 Å². The third-order valence-corrected chi connectivity index (χ3v) is 4.73. The number of amides is 2. The van der Waals surface area contributed by atoms with Crippen LogP contribution in [0.5, 0.6) is 0 Å². The van der Waals surface area contributed by atoms with E-state index >= 15 is 0 Å². The summed E-state index contributed by atoms with van der Waals surface area (Å²) in [4.78, 5) is 24.3. The van der Waals surface area contributed by atoms with Crippen molar-refractivity contribution in [1.82, 2.24) is 5.32 Å². The van der Waals surface area contributed by atoms with Crippen LogP contribution in [-0.2, 0) is 19.7 Å². The third-order valence-electron chi connectivity index (χ3n) is 4.73. The normalized spacial score (nSPS) is 15.9. The fraction of sp³-hybridized carbons (Fsp3) is 0.300. The van der Waals surface area contributed by atoms with E-state index in [1.165, 1.54) is 24.3 Å². The molecule has 6 heteroatoms. The van der Waals surface area contributed by atoms with Gasteiger partial charge in [0.15, 0.2) is 0 Å². The smallest absolute Gasteiger partial charge is 0.313 e. The average molecular weight is 356 g/mol. The molecule has 0 atom stereocenters. The summed E-state index contributed by atoms with van der Waals surface area (Å²) >= 11 is 0. The number of carbonyl (C=O) groups is 2. The SMILES string of the molecule is O=C(NCC1(c2ccccc2)CCOCC1)C(=O)Nc1ccc(F)cc1. The Labute approximate surface area is 151 Å². The van der Waals surface area contributed by atoms with E-state index in [1.807, 2.05) is 30.3 Å². The summed E-state index contributed by atoms with van der Waals surface area (Å²) < 4.78 is 18.4. The van der Waals surface area contributed by atoms with Crippen molar-refractivity contribution in [2.75, 3.05) is 25.1 Å². The van der Waals surface area contributed by atoms with Crippen LogP contribution in [0.4, 0.5) is 10.1 Å². The molecule has 1 aliphatic heterocycles. The van der Waals surface area contributed by atoms with E-state index in [9.17, 15) is 14.0 Å². The number of ether oxygens (including phenoxy) is 1. The number of benzene rings is 2. The predicted molar refractivity (Wildman–Crippen MR) is 96.2 cm³/mol. The Kier molecular flexibility index (Phi) is 5.63. The first-order chi connectivity index (χ1) is 12.6. The highest BCUT2D eigenvalue weighted by Gasteiger charge is 2.35. The van der Waals surface area contributed by atoms with Gasteiger partial charge in [-0.1, -0.05) is 30.3 Å². The van der Waals surface area contributed by atoms with Gasteiger partial charge < -0.3 is 15.4 Å². The Morgan fingerprint density at radius 2 is 1.62 bits per heavy atom. The Morgan fingerprint density at radius 1 is 0.962 bits per heavy atom. The number of carbonyl (C=O) groups excluding carboxylic acids is 2. The fourth-order valence-electron chi connectivity index (χ4n) is 3.17. The summed E-state index contributed by atoms with van der Waals surface area (Å²) in [6, 6.07) is 15.2. The van der Waals surface area contributed by atoms with Gasteiger partial charge in [-0.2, -0.15) is 0 Å². The minimum Gasteiger partial charge on any atom is -0.381 e. The van der Waals surface area contributed by atoms with Crippen molar-refractivity contribution >= 4 is 17.5 Å². The summed E-state index contributed by atoms with van der Waals surface area (Å²) in [5.74, 6) is -1.89. The van der Waals surface area contributed by atoms with Gasteiger partial charge in [-0.15, -0.1) is 0 Å². The molecule has 3 rings (SSSR count). The maximum absolute atomic E-state index is 12.9. The molecule has 1 fully saturated rings. The van der Waals surface area contributed by atoms with Crippen LogP contribution in [-0.4, -0.2) is 31.6 Å². The van der Waals surface area contributed by atoms with Gasteiger partial charge in [0.2, 0.25) is 0 Å². The van der Waals surface area contributed by atoms with Crippen molar-refractivity contribution in [2.24, 2.45) is 0 Å². The van der Waals surface area contributed by atoms with Crippen molar-refractivity contribution in [1.29, 1.82) is 0 Å². The van der Waals surface area contributed by atoms with Gasteiger partial charge in [-0.3, -0.25) is 9.59 Å². The molecule has 1 saturated heterocycles. The lowest BCUT2D eigenvalue weighted by Crippen LogP contribution is -2.47. The standard InChI is InChI=1S/C20H21FN2O3/c21-16-6-8-17(9-7-16)23-19(25)18(24)22-14-20(10-12-26-13-11-20)15-4-2-1-3-5-15/h1-9H,10-14H2,(H,22,24)(H,23,25). The maximum Gasteiger partial charge on any atom is 0.313 e. The van der Waals surface area contributed by atoms with Crippen LogP contribution in [0.2, 0.25) is 0 Å². The third kappa shape index (κ3) is 4.26. The second-order valence-corrected chi connectivity index (χ2v) is 6.40. The molecule has 0 aliphatic carbocycles. The predicted octanol–water partition coefficient (Wildman–Crippen LogP) is 2.63. The lowest BCUT2D eigenvalue weighted by molar-refractivity contribution is -0.136. The van der Waals surface area contributed by atoms with Crippen LogP contribution in [0.15, 0.2) is 54.6 Å². The van der Waals surface area contributed by atoms with Crippen LogP contribution < -0.4 is 10.6 Å². The average Bonchev–Trinajstić information content (AvgIpc) is 2.69. The lowest BCUT2D eigenvalue weighted by Gasteiger charge is -2.37. The van der Waals surface area contributed by atoms with Gasteiger partial charge in [-0.25, -0.2) is 4.39 Å². The lowest BCUT2D eigenvalue weighted by atomic mass is 9.74. The number of rotatable bonds is 4. The molecule has 0 saturated carbocycles. The Balaban J connectivity index is 1.64. The molecular weight excluding hydrogens is 335 g/mol. The van der Waals surface area contributed by atoms with Gasteiger partial charge in [0.05, 0.1) is 0 Å². The van der Waals surface area contributed by atoms with E-state index in [0.717, 1.165) is 18.4 Å². The second-order valence-electron chi connectivity index (χ2n) is 6.40. The molecule has 26 heavy (non-hydrogen) atoms. The van der Waals surface area contributed by atoms with E-state index in [1.54, 1.807) is 0 Å². The Morgan fingerprint density at radius 3 is 2.27 bits per heavy atom. The summed E-state index contributed by atoms with van der Waals surface area (Å²) in [5.41, 5.74) is 1.25. The zero-order chi connectivity index (χ0) is 18.4. The number of hydrogen-bond donors (Lipinski definition) is 2. The number of anilines is 1. The number of hydrogen-bond acceptors (Lipinski definition) is 3. The Bertz CT molecular complexity index is 756. The van der Waals surface area contributed by atoms with E-state index < -0.39 is 17.6 Å². The molecule has 2 aromatic carbocycles. The van der Waals surface area contributed by atoms with Crippen molar-refractivity contribution in [2.45, 2.75) is 18.3 Å². The molecule has 0 aromatic heterocycles. The molecular formula is C20H21FN2O3.